The highest BCUT2D eigenvalue weighted by Gasteiger charge is 2.20. The molecule has 1 aliphatic rings. The average Bonchev–Trinajstić information content (AvgIpc) is 3.18. The molecule has 0 radical (unpaired) electrons. The van der Waals surface area contributed by atoms with Crippen LogP contribution in [0.25, 0.3) is 11.0 Å². The molecule has 4 rings (SSSR count). The molecule has 5 heteroatoms. The Kier molecular flexibility index (Phi) is 7.05. The molecule has 0 saturated carbocycles. The Morgan fingerprint density at radius 3 is 2.39 bits per heavy atom. The Labute approximate surface area is 185 Å². The minimum Gasteiger partial charge on any atom is -0.460 e. The highest BCUT2D eigenvalue weighted by molar-refractivity contribution is 6.13. The van der Waals surface area contributed by atoms with E-state index in [0.717, 1.165) is 80.9 Å². The first-order valence-electron chi connectivity index (χ1n) is 11.5. The molecule has 3 aromatic rings. The summed E-state index contributed by atoms with van der Waals surface area (Å²) in [7, 11) is 0. The van der Waals surface area contributed by atoms with Crippen molar-refractivity contribution in [2.75, 3.05) is 38.0 Å². The van der Waals surface area contributed by atoms with Crippen LogP contribution < -0.4 is 5.32 Å². The molecule has 31 heavy (non-hydrogen) atoms. The molecule has 0 unspecified atom stereocenters. The maximum Gasteiger partial charge on any atom is 0.259 e. The van der Waals surface area contributed by atoms with Gasteiger partial charge in [0.05, 0.1) is 5.56 Å². The lowest BCUT2D eigenvalue weighted by molar-refractivity contribution is 0.102. The number of rotatable bonds is 8. The van der Waals surface area contributed by atoms with Crippen molar-refractivity contribution in [1.29, 1.82) is 0 Å². The van der Waals surface area contributed by atoms with Crippen LogP contribution in [0.2, 0.25) is 0 Å². The number of para-hydroxylation sites is 1. The number of hydrogen-bond donors (Lipinski definition) is 1. The highest BCUT2D eigenvalue weighted by atomic mass is 16.3. The summed E-state index contributed by atoms with van der Waals surface area (Å²) in [6.07, 6.45) is 2.84. The van der Waals surface area contributed by atoms with Crippen molar-refractivity contribution in [2.24, 2.45) is 0 Å². The number of benzene rings is 2. The van der Waals surface area contributed by atoms with Crippen LogP contribution in [0.4, 0.5) is 5.69 Å². The third-order valence-corrected chi connectivity index (χ3v) is 6.18. The van der Waals surface area contributed by atoms with E-state index < -0.39 is 0 Å². The monoisotopic (exact) mass is 419 g/mol. The summed E-state index contributed by atoms with van der Waals surface area (Å²) in [6.45, 7) is 11.0. The Balaban J connectivity index is 1.43. The van der Waals surface area contributed by atoms with Crippen LogP contribution >= 0.6 is 0 Å². The molecule has 1 saturated heterocycles. The van der Waals surface area contributed by atoms with E-state index in [1.165, 1.54) is 5.56 Å². The first-order valence-corrected chi connectivity index (χ1v) is 11.5. The molecular weight excluding hydrogens is 386 g/mol. The lowest BCUT2D eigenvalue weighted by Crippen LogP contribution is -2.45. The first kappa shape index (κ1) is 21.6. The Hall–Kier alpha value is -2.63. The molecule has 0 atom stereocenters. The van der Waals surface area contributed by atoms with E-state index in [2.05, 4.69) is 41.1 Å². The maximum atomic E-state index is 13.2. The summed E-state index contributed by atoms with van der Waals surface area (Å²) < 4.78 is 6.01. The standard InChI is InChI=1S/C26H33N3O2/c1-3-5-9-24-25(22-8-6-7-10-23(22)31-24)26(30)27-21-13-11-20(12-14-21)19-29-17-15-28(4-2)16-18-29/h6-8,10-14H,3-5,9,15-19H2,1-2H3,(H,27,30). The van der Waals surface area contributed by atoms with Gasteiger partial charge in [0.2, 0.25) is 0 Å². The molecule has 1 aromatic heterocycles. The topological polar surface area (TPSA) is 48.7 Å². The Morgan fingerprint density at radius 2 is 1.68 bits per heavy atom. The summed E-state index contributed by atoms with van der Waals surface area (Å²) in [4.78, 5) is 18.1. The molecule has 5 nitrogen and oxygen atoms in total. The van der Waals surface area contributed by atoms with Gasteiger partial charge in [-0.25, -0.2) is 0 Å². The van der Waals surface area contributed by atoms with E-state index in [4.69, 9.17) is 4.42 Å². The molecule has 164 valence electrons. The summed E-state index contributed by atoms with van der Waals surface area (Å²) in [5.74, 6) is 0.683. The van der Waals surface area contributed by atoms with Gasteiger partial charge in [0.1, 0.15) is 11.3 Å². The lowest BCUT2D eigenvalue weighted by Gasteiger charge is -2.34. The van der Waals surface area contributed by atoms with E-state index >= 15 is 0 Å². The zero-order valence-electron chi connectivity index (χ0n) is 18.7. The molecule has 2 heterocycles. The van der Waals surface area contributed by atoms with E-state index in [9.17, 15) is 4.79 Å². The van der Waals surface area contributed by atoms with Gasteiger partial charge in [-0.05, 0) is 36.7 Å². The quantitative estimate of drug-likeness (QED) is 0.548. The number of hydrogen-bond acceptors (Lipinski definition) is 4. The number of aryl methyl sites for hydroxylation is 1. The SMILES string of the molecule is CCCCc1oc2ccccc2c1C(=O)Nc1ccc(CN2CCN(CC)CC2)cc1. The van der Waals surface area contributed by atoms with E-state index in [-0.39, 0.29) is 5.91 Å². The van der Waals surface area contributed by atoms with E-state index in [0.29, 0.717) is 5.56 Å². The number of nitrogens with one attached hydrogen (secondary N) is 1. The first-order chi connectivity index (χ1) is 15.2. The number of anilines is 1. The van der Waals surface area contributed by atoms with Crippen molar-refractivity contribution in [3.8, 4) is 0 Å². The third kappa shape index (κ3) is 5.17. The number of furan rings is 1. The third-order valence-electron chi connectivity index (χ3n) is 6.18. The van der Waals surface area contributed by atoms with Crippen molar-refractivity contribution in [2.45, 2.75) is 39.7 Å². The van der Waals surface area contributed by atoms with Crippen molar-refractivity contribution in [1.82, 2.24) is 9.80 Å². The summed E-state index contributed by atoms with van der Waals surface area (Å²) in [5, 5.41) is 3.96. The fourth-order valence-electron chi connectivity index (χ4n) is 4.27. The van der Waals surface area contributed by atoms with Crippen molar-refractivity contribution in [3.05, 3.63) is 65.4 Å². The van der Waals surface area contributed by atoms with Gasteiger partial charge in [0.15, 0.2) is 0 Å². The summed E-state index contributed by atoms with van der Waals surface area (Å²) >= 11 is 0. The van der Waals surface area contributed by atoms with Crippen molar-refractivity contribution < 1.29 is 9.21 Å². The van der Waals surface area contributed by atoms with Crippen LogP contribution in [0.3, 0.4) is 0 Å². The fraction of sp³-hybridized carbons (Fsp3) is 0.423. The van der Waals surface area contributed by atoms with Crippen molar-refractivity contribution >= 4 is 22.6 Å². The second-order valence-corrected chi connectivity index (χ2v) is 8.36. The number of likely N-dealkylation sites (N-methyl/N-ethyl adjacent to an activating group) is 1. The van der Waals surface area contributed by atoms with Gasteiger partial charge >= 0.3 is 0 Å². The number of nitrogens with zero attached hydrogens (tertiary/aromatic N) is 2. The molecule has 0 aliphatic carbocycles. The number of piperazine rings is 1. The largest absolute Gasteiger partial charge is 0.460 e. The summed E-state index contributed by atoms with van der Waals surface area (Å²) in [6, 6.07) is 16.0. The summed E-state index contributed by atoms with van der Waals surface area (Å²) in [5.41, 5.74) is 3.54. The molecule has 0 spiro atoms. The fourth-order valence-corrected chi connectivity index (χ4v) is 4.27. The minimum atomic E-state index is -0.0977. The second kappa shape index (κ2) is 10.1. The van der Waals surface area contributed by atoms with Gasteiger partial charge in [-0.1, -0.05) is 50.6 Å². The van der Waals surface area contributed by atoms with Crippen LogP contribution in [0, 0.1) is 0 Å². The highest BCUT2D eigenvalue weighted by Crippen LogP contribution is 2.28. The van der Waals surface area contributed by atoms with Gasteiger partial charge in [-0.2, -0.15) is 0 Å². The van der Waals surface area contributed by atoms with Crippen LogP contribution in [0.1, 0.15) is 48.4 Å². The van der Waals surface area contributed by atoms with E-state index in [1.54, 1.807) is 0 Å². The molecule has 1 amide bonds. The molecular formula is C26H33N3O2. The number of carbonyl (C=O) groups excluding carboxylic acids is 1. The number of carbonyl (C=O) groups is 1. The zero-order chi connectivity index (χ0) is 21.6. The van der Waals surface area contributed by atoms with Crippen molar-refractivity contribution in [3.63, 3.8) is 0 Å². The predicted octanol–water partition coefficient (Wildman–Crippen LogP) is 5.17. The maximum absolute atomic E-state index is 13.2. The predicted molar refractivity (Wildman–Crippen MR) is 127 cm³/mol. The van der Waals surface area contributed by atoms with Gasteiger partial charge in [-0.3, -0.25) is 9.69 Å². The van der Waals surface area contributed by atoms with Gasteiger partial charge < -0.3 is 14.6 Å². The molecule has 1 fully saturated rings. The number of unbranched alkanes of at least 4 members (excludes halogenated alkanes) is 1. The molecule has 1 N–H and O–H groups in total. The number of fused-ring (bicyclic) bond motifs is 1. The lowest BCUT2D eigenvalue weighted by atomic mass is 10.1. The molecule has 0 bridgehead atoms. The molecule has 2 aromatic carbocycles. The van der Waals surface area contributed by atoms with Gasteiger partial charge in [0.25, 0.3) is 5.91 Å². The normalized spacial score (nSPS) is 15.4. The molecule has 1 aliphatic heterocycles. The van der Waals surface area contributed by atoms with Crippen LogP contribution in [0.5, 0.6) is 0 Å². The van der Waals surface area contributed by atoms with Crippen LogP contribution in [-0.4, -0.2) is 48.4 Å². The van der Waals surface area contributed by atoms with Crippen LogP contribution in [0.15, 0.2) is 52.9 Å². The Morgan fingerprint density at radius 1 is 0.968 bits per heavy atom. The van der Waals surface area contributed by atoms with E-state index in [1.807, 2.05) is 36.4 Å². The van der Waals surface area contributed by atoms with Gasteiger partial charge in [-0.15, -0.1) is 0 Å². The van der Waals surface area contributed by atoms with Gasteiger partial charge in [0, 0.05) is 50.2 Å². The Bertz CT molecular complexity index is 1000. The smallest absolute Gasteiger partial charge is 0.259 e. The average molecular weight is 420 g/mol. The van der Waals surface area contributed by atoms with Crippen LogP contribution in [-0.2, 0) is 13.0 Å². The second-order valence-electron chi connectivity index (χ2n) is 8.36. The zero-order valence-corrected chi connectivity index (χ0v) is 18.7. The number of amides is 1. The minimum absolute atomic E-state index is 0.0977.